The summed E-state index contributed by atoms with van der Waals surface area (Å²) in [4.78, 5) is 33.3. The molecule has 1 saturated carbocycles. The second-order valence-corrected chi connectivity index (χ2v) is 8.01. The molecule has 3 N–H and O–H groups in total. The van der Waals surface area contributed by atoms with Crippen LogP contribution >= 0.6 is 11.3 Å². The van der Waals surface area contributed by atoms with Crippen LogP contribution in [0.5, 0.6) is 0 Å². The SMILES string of the molecule is O=C(Nc1cnccc1C(=O)NC1CCC(O)C1)c1csc(-c2c(F)cccc2F)n1. The summed E-state index contributed by atoms with van der Waals surface area (Å²) in [7, 11) is 0. The van der Waals surface area contributed by atoms with E-state index >= 15 is 0 Å². The topological polar surface area (TPSA) is 104 Å². The van der Waals surface area contributed by atoms with E-state index in [9.17, 15) is 23.5 Å². The maximum atomic E-state index is 14.0. The average Bonchev–Trinajstić information content (AvgIpc) is 3.37. The molecule has 1 aliphatic rings. The van der Waals surface area contributed by atoms with Gasteiger partial charge in [0.2, 0.25) is 0 Å². The van der Waals surface area contributed by atoms with E-state index in [-0.39, 0.29) is 33.6 Å². The molecule has 1 aromatic carbocycles. The number of pyridine rings is 1. The fraction of sp³-hybridized carbons (Fsp3) is 0.238. The molecule has 2 atom stereocenters. The highest BCUT2D eigenvalue weighted by Crippen LogP contribution is 2.29. The van der Waals surface area contributed by atoms with Crippen LogP contribution in [-0.4, -0.2) is 39.0 Å². The van der Waals surface area contributed by atoms with Gasteiger partial charge >= 0.3 is 0 Å². The number of anilines is 1. The molecule has 160 valence electrons. The number of thiazole rings is 1. The van der Waals surface area contributed by atoms with E-state index in [1.165, 1.54) is 29.9 Å². The molecular formula is C21H18F2N4O3S. The zero-order valence-electron chi connectivity index (χ0n) is 16.1. The second-order valence-electron chi connectivity index (χ2n) is 7.15. The number of carbonyl (C=O) groups is 2. The Morgan fingerprint density at radius 2 is 1.90 bits per heavy atom. The highest BCUT2D eigenvalue weighted by molar-refractivity contribution is 7.13. The molecule has 0 radical (unpaired) electrons. The van der Waals surface area contributed by atoms with Crippen molar-refractivity contribution in [2.75, 3.05) is 5.32 Å². The lowest BCUT2D eigenvalue weighted by molar-refractivity contribution is 0.0934. The van der Waals surface area contributed by atoms with Gasteiger partial charge in [0.1, 0.15) is 22.3 Å². The van der Waals surface area contributed by atoms with Crippen LogP contribution in [0.2, 0.25) is 0 Å². The van der Waals surface area contributed by atoms with E-state index in [4.69, 9.17) is 0 Å². The zero-order valence-corrected chi connectivity index (χ0v) is 17.0. The number of nitrogens with zero attached hydrogens (tertiary/aromatic N) is 2. The fourth-order valence-corrected chi connectivity index (χ4v) is 4.27. The summed E-state index contributed by atoms with van der Waals surface area (Å²) in [6, 6.07) is 4.80. The average molecular weight is 444 g/mol. The van der Waals surface area contributed by atoms with Crippen molar-refractivity contribution >= 4 is 28.8 Å². The first kappa shape index (κ1) is 21.0. The third-order valence-corrected chi connectivity index (χ3v) is 5.83. The molecule has 0 saturated heterocycles. The Labute approximate surface area is 180 Å². The van der Waals surface area contributed by atoms with Crippen molar-refractivity contribution in [1.82, 2.24) is 15.3 Å². The molecule has 3 aromatic rings. The smallest absolute Gasteiger partial charge is 0.275 e. The predicted molar refractivity (Wildman–Crippen MR) is 111 cm³/mol. The Morgan fingerprint density at radius 1 is 1.13 bits per heavy atom. The maximum absolute atomic E-state index is 14.0. The summed E-state index contributed by atoms with van der Waals surface area (Å²) in [5.74, 6) is -2.59. The summed E-state index contributed by atoms with van der Waals surface area (Å²) in [6.07, 6.45) is 4.11. The Hall–Kier alpha value is -3.24. The van der Waals surface area contributed by atoms with Crippen molar-refractivity contribution < 1.29 is 23.5 Å². The van der Waals surface area contributed by atoms with Gasteiger partial charge in [0.15, 0.2) is 0 Å². The number of hydrogen-bond acceptors (Lipinski definition) is 6. The highest BCUT2D eigenvalue weighted by Gasteiger charge is 2.26. The lowest BCUT2D eigenvalue weighted by Gasteiger charge is -2.14. The normalized spacial score (nSPS) is 18.0. The predicted octanol–water partition coefficient (Wildman–Crippen LogP) is 3.38. The monoisotopic (exact) mass is 444 g/mol. The molecule has 10 heteroatoms. The number of aromatic nitrogens is 2. The van der Waals surface area contributed by atoms with Crippen LogP contribution < -0.4 is 10.6 Å². The molecule has 2 unspecified atom stereocenters. The summed E-state index contributed by atoms with van der Waals surface area (Å²) in [6.45, 7) is 0. The molecular weight excluding hydrogens is 426 g/mol. The van der Waals surface area contributed by atoms with E-state index in [0.29, 0.717) is 19.3 Å². The van der Waals surface area contributed by atoms with E-state index in [0.717, 1.165) is 23.5 Å². The quantitative estimate of drug-likeness (QED) is 0.560. The van der Waals surface area contributed by atoms with Gasteiger partial charge in [-0.1, -0.05) is 6.07 Å². The van der Waals surface area contributed by atoms with Crippen molar-refractivity contribution in [3.05, 3.63) is 64.9 Å². The molecule has 1 aliphatic carbocycles. The van der Waals surface area contributed by atoms with Gasteiger partial charge in [-0.2, -0.15) is 0 Å². The van der Waals surface area contributed by atoms with Crippen LogP contribution in [-0.2, 0) is 0 Å². The Balaban J connectivity index is 1.51. The van der Waals surface area contributed by atoms with Crippen molar-refractivity contribution in [3.63, 3.8) is 0 Å². The number of nitrogens with one attached hydrogen (secondary N) is 2. The molecule has 7 nitrogen and oxygen atoms in total. The third-order valence-electron chi connectivity index (χ3n) is 4.97. The lowest BCUT2D eigenvalue weighted by atomic mass is 10.1. The van der Waals surface area contributed by atoms with Crippen molar-refractivity contribution in [2.45, 2.75) is 31.4 Å². The van der Waals surface area contributed by atoms with Gasteiger partial charge in [-0.25, -0.2) is 13.8 Å². The molecule has 4 rings (SSSR count). The lowest BCUT2D eigenvalue weighted by Crippen LogP contribution is -2.34. The molecule has 31 heavy (non-hydrogen) atoms. The van der Waals surface area contributed by atoms with Crippen molar-refractivity contribution in [3.8, 4) is 10.6 Å². The van der Waals surface area contributed by atoms with E-state index in [1.54, 1.807) is 0 Å². The third kappa shape index (κ3) is 4.59. The number of amides is 2. The van der Waals surface area contributed by atoms with Gasteiger partial charge in [0, 0.05) is 17.6 Å². The molecule has 2 aromatic heterocycles. The van der Waals surface area contributed by atoms with Gasteiger partial charge in [0.25, 0.3) is 11.8 Å². The second kappa shape index (κ2) is 8.86. The van der Waals surface area contributed by atoms with Crippen LogP contribution in [0.25, 0.3) is 10.6 Å². The number of aliphatic hydroxyl groups is 1. The van der Waals surface area contributed by atoms with Crippen molar-refractivity contribution in [2.24, 2.45) is 0 Å². The Morgan fingerprint density at radius 3 is 2.61 bits per heavy atom. The number of aliphatic hydroxyl groups excluding tert-OH is 1. The van der Waals surface area contributed by atoms with Gasteiger partial charge in [0.05, 0.1) is 29.1 Å². The van der Waals surface area contributed by atoms with Crippen molar-refractivity contribution in [1.29, 1.82) is 0 Å². The van der Waals surface area contributed by atoms with Gasteiger partial charge < -0.3 is 15.7 Å². The van der Waals surface area contributed by atoms with E-state index < -0.39 is 29.6 Å². The number of rotatable bonds is 5. The van der Waals surface area contributed by atoms with Crippen LogP contribution in [0.1, 0.15) is 40.1 Å². The number of benzene rings is 1. The number of halogens is 2. The minimum atomic E-state index is -0.774. The van der Waals surface area contributed by atoms with Gasteiger partial charge in [-0.05, 0) is 37.5 Å². The molecule has 1 fully saturated rings. The van der Waals surface area contributed by atoms with Crippen LogP contribution in [0.15, 0.2) is 42.0 Å². The maximum Gasteiger partial charge on any atom is 0.275 e. The first-order chi connectivity index (χ1) is 14.9. The Bertz CT molecular complexity index is 1120. The molecule has 2 amide bonds. The first-order valence-electron chi connectivity index (χ1n) is 9.56. The first-order valence-corrected chi connectivity index (χ1v) is 10.4. The minimum absolute atomic E-state index is 0.0321. The Kier molecular flexibility index (Phi) is 6.01. The van der Waals surface area contributed by atoms with Gasteiger partial charge in [-0.15, -0.1) is 11.3 Å². The van der Waals surface area contributed by atoms with Gasteiger partial charge in [-0.3, -0.25) is 14.6 Å². The molecule has 0 aliphatic heterocycles. The molecule has 0 bridgehead atoms. The molecule has 2 heterocycles. The summed E-state index contributed by atoms with van der Waals surface area (Å²) >= 11 is 0.931. The minimum Gasteiger partial charge on any atom is -0.393 e. The molecule has 0 spiro atoms. The van der Waals surface area contributed by atoms with Crippen LogP contribution in [0.3, 0.4) is 0 Å². The van der Waals surface area contributed by atoms with E-state index in [1.807, 2.05) is 0 Å². The van der Waals surface area contributed by atoms with Crippen LogP contribution in [0, 0.1) is 11.6 Å². The highest BCUT2D eigenvalue weighted by atomic mass is 32.1. The summed E-state index contributed by atoms with van der Waals surface area (Å²) in [5, 5.41) is 16.5. The summed E-state index contributed by atoms with van der Waals surface area (Å²) < 4.78 is 28.0. The standard InChI is InChI=1S/C21H18F2N4O3S/c22-14-2-1-3-15(23)18(14)21-27-17(10-31-21)20(30)26-16-9-24-7-6-13(16)19(29)25-11-4-5-12(28)8-11/h1-3,6-7,9-12,28H,4-5,8H2,(H,25,29)(H,26,30). The summed E-state index contributed by atoms with van der Waals surface area (Å²) in [5.41, 5.74) is 0.0408. The fourth-order valence-electron chi connectivity index (χ4n) is 3.43. The zero-order chi connectivity index (χ0) is 22.0. The largest absolute Gasteiger partial charge is 0.393 e. The number of carbonyl (C=O) groups excluding carboxylic acids is 2. The number of hydrogen-bond donors (Lipinski definition) is 3. The van der Waals surface area contributed by atoms with E-state index in [2.05, 4.69) is 20.6 Å². The van der Waals surface area contributed by atoms with Crippen LogP contribution in [0.4, 0.5) is 14.5 Å².